The number of benzene rings is 1. The van der Waals surface area contributed by atoms with Gasteiger partial charge in [0.2, 0.25) is 0 Å². The number of aromatic nitrogens is 2. The Morgan fingerprint density at radius 2 is 1.81 bits per heavy atom. The van der Waals surface area contributed by atoms with Crippen LogP contribution in [0.4, 0.5) is 0 Å². The number of carbonyl (C=O) groups is 2. The normalized spacial score (nSPS) is 16.3. The van der Waals surface area contributed by atoms with Crippen LogP contribution in [0.2, 0.25) is 0 Å². The van der Waals surface area contributed by atoms with E-state index < -0.39 is 0 Å². The minimum absolute atomic E-state index is 0.0437. The molecule has 0 atom stereocenters. The Labute approximate surface area is 213 Å². The van der Waals surface area contributed by atoms with Gasteiger partial charge in [-0.25, -0.2) is 4.98 Å². The lowest BCUT2D eigenvalue weighted by Crippen LogP contribution is -2.40. The fourth-order valence-electron chi connectivity index (χ4n) is 4.84. The van der Waals surface area contributed by atoms with E-state index in [9.17, 15) is 9.59 Å². The molecule has 1 fully saturated rings. The van der Waals surface area contributed by atoms with Crippen molar-refractivity contribution in [2.24, 2.45) is 0 Å². The molecule has 182 valence electrons. The maximum Gasteiger partial charge on any atom is 0.264 e. The summed E-state index contributed by atoms with van der Waals surface area (Å²) in [5.41, 5.74) is 5.89. The van der Waals surface area contributed by atoms with Crippen molar-refractivity contribution in [2.75, 3.05) is 39.4 Å². The molecule has 36 heavy (non-hydrogen) atoms. The van der Waals surface area contributed by atoms with Gasteiger partial charge in [-0.2, -0.15) is 0 Å². The van der Waals surface area contributed by atoms with Gasteiger partial charge in [-0.1, -0.05) is 24.3 Å². The van der Waals surface area contributed by atoms with Gasteiger partial charge < -0.3 is 19.5 Å². The van der Waals surface area contributed by atoms with Gasteiger partial charge in [-0.15, -0.1) is 11.3 Å². The monoisotopic (exact) mass is 498 g/mol. The fourth-order valence-corrected chi connectivity index (χ4v) is 5.53. The van der Waals surface area contributed by atoms with E-state index >= 15 is 0 Å². The lowest BCUT2D eigenvalue weighted by atomic mass is 9.97. The highest BCUT2D eigenvalue weighted by atomic mass is 32.1. The van der Waals surface area contributed by atoms with Gasteiger partial charge >= 0.3 is 0 Å². The summed E-state index contributed by atoms with van der Waals surface area (Å²) >= 11 is 1.48. The summed E-state index contributed by atoms with van der Waals surface area (Å²) in [6.45, 7) is 3.74. The molecule has 1 saturated heterocycles. The summed E-state index contributed by atoms with van der Waals surface area (Å²) in [6.07, 6.45) is 6.81. The number of carbonyl (C=O) groups excluding carboxylic acids is 2. The number of aromatic amines is 1. The van der Waals surface area contributed by atoms with Crippen LogP contribution in [0.1, 0.15) is 32.0 Å². The molecule has 0 aliphatic carbocycles. The molecule has 2 aliphatic rings. The zero-order valence-corrected chi connectivity index (χ0v) is 20.6. The molecule has 1 aromatic carbocycles. The molecular weight excluding hydrogens is 472 g/mol. The van der Waals surface area contributed by atoms with E-state index in [0.717, 1.165) is 39.0 Å². The SMILES string of the molecule is O=C(c1ccc(-c2cnc3[nH]cc(C4=CCN(C(=O)c5cccs5)CC4)c3c2)cc1)N1CCOCC1. The first-order valence-corrected chi connectivity index (χ1v) is 13.0. The molecule has 0 spiro atoms. The summed E-state index contributed by atoms with van der Waals surface area (Å²) < 4.78 is 5.35. The van der Waals surface area contributed by atoms with Crippen LogP contribution in [0.3, 0.4) is 0 Å². The van der Waals surface area contributed by atoms with E-state index in [0.29, 0.717) is 45.0 Å². The Bertz CT molecular complexity index is 1430. The van der Waals surface area contributed by atoms with Crippen molar-refractivity contribution >= 4 is 39.8 Å². The number of morpholine rings is 1. The molecule has 0 unspecified atom stereocenters. The molecule has 8 heteroatoms. The number of hydrogen-bond acceptors (Lipinski definition) is 5. The lowest BCUT2D eigenvalue weighted by molar-refractivity contribution is 0.0303. The first kappa shape index (κ1) is 22.7. The van der Waals surface area contributed by atoms with E-state index in [-0.39, 0.29) is 11.8 Å². The van der Waals surface area contributed by atoms with Gasteiger partial charge in [-0.05, 0) is 47.2 Å². The topological polar surface area (TPSA) is 78.5 Å². The number of rotatable bonds is 4. The van der Waals surface area contributed by atoms with Crippen LogP contribution in [0, 0.1) is 0 Å². The van der Waals surface area contributed by atoms with Crippen molar-refractivity contribution < 1.29 is 14.3 Å². The molecule has 5 heterocycles. The second-order valence-electron chi connectivity index (χ2n) is 9.01. The highest BCUT2D eigenvalue weighted by Gasteiger charge is 2.22. The van der Waals surface area contributed by atoms with Gasteiger partial charge in [-0.3, -0.25) is 9.59 Å². The van der Waals surface area contributed by atoms with Crippen LogP contribution >= 0.6 is 11.3 Å². The molecule has 1 N–H and O–H groups in total. The minimum atomic E-state index is 0.0437. The van der Waals surface area contributed by atoms with E-state index in [2.05, 4.69) is 22.1 Å². The third-order valence-electron chi connectivity index (χ3n) is 6.87. The van der Waals surface area contributed by atoms with Gasteiger partial charge in [0.1, 0.15) is 5.65 Å². The van der Waals surface area contributed by atoms with Crippen molar-refractivity contribution in [3.05, 3.63) is 82.3 Å². The van der Waals surface area contributed by atoms with E-state index in [1.165, 1.54) is 16.9 Å². The van der Waals surface area contributed by atoms with Crippen molar-refractivity contribution in [2.45, 2.75) is 6.42 Å². The predicted octanol–water partition coefficient (Wildman–Crippen LogP) is 4.69. The Balaban J connectivity index is 1.22. The van der Waals surface area contributed by atoms with Crippen LogP contribution in [0.15, 0.2) is 66.3 Å². The lowest BCUT2D eigenvalue weighted by Gasteiger charge is -2.26. The first-order valence-electron chi connectivity index (χ1n) is 12.1. The standard InChI is InChI=1S/C28H26N4O3S/c33-27(32-11-13-35-14-12-32)21-5-3-19(4-6-21)22-16-23-24(18-30-26(23)29-17-22)20-7-9-31(10-8-20)28(34)25-2-1-15-36-25/h1-7,15-18H,8-14H2,(H,29,30). The van der Waals surface area contributed by atoms with Crippen LogP contribution < -0.4 is 0 Å². The predicted molar refractivity (Wildman–Crippen MR) is 141 cm³/mol. The Morgan fingerprint density at radius 1 is 0.972 bits per heavy atom. The zero-order valence-electron chi connectivity index (χ0n) is 19.8. The molecule has 3 aromatic heterocycles. The number of amides is 2. The number of ether oxygens (including phenoxy) is 1. The number of hydrogen-bond donors (Lipinski definition) is 1. The smallest absolute Gasteiger partial charge is 0.264 e. The Morgan fingerprint density at radius 3 is 2.53 bits per heavy atom. The van der Waals surface area contributed by atoms with Gasteiger partial charge in [0, 0.05) is 60.6 Å². The number of thiophene rings is 1. The van der Waals surface area contributed by atoms with E-state index in [4.69, 9.17) is 4.74 Å². The Kier molecular flexibility index (Phi) is 6.13. The largest absolute Gasteiger partial charge is 0.378 e. The summed E-state index contributed by atoms with van der Waals surface area (Å²) in [7, 11) is 0. The maximum absolute atomic E-state index is 12.8. The molecule has 0 saturated carbocycles. The average Bonchev–Trinajstić information content (AvgIpc) is 3.63. The molecule has 7 nitrogen and oxygen atoms in total. The minimum Gasteiger partial charge on any atom is -0.378 e. The average molecular weight is 499 g/mol. The van der Waals surface area contributed by atoms with E-state index in [1.807, 2.05) is 64.0 Å². The molecule has 0 radical (unpaired) electrons. The fraction of sp³-hybridized carbons (Fsp3) is 0.250. The highest BCUT2D eigenvalue weighted by Crippen LogP contribution is 2.32. The molecule has 2 amide bonds. The van der Waals surface area contributed by atoms with E-state index in [1.54, 1.807) is 0 Å². The van der Waals surface area contributed by atoms with Crippen LogP contribution in [-0.2, 0) is 4.74 Å². The molecule has 0 bridgehead atoms. The number of nitrogens with zero attached hydrogens (tertiary/aromatic N) is 3. The van der Waals surface area contributed by atoms with Crippen LogP contribution in [-0.4, -0.2) is 71.0 Å². The quantitative estimate of drug-likeness (QED) is 0.443. The summed E-state index contributed by atoms with van der Waals surface area (Å²) in [6, 6.07) is 13.7. The number of H-pyrrole nitrogens is 1. The Hall–Kier alpha value is -3.75. The second-order valence-corrected chi connectivity index (χ2v) is 9.96. The van der Waals surface area contributed by atoms with Gasteiger partial charge in [0.25, 0.3) is 11.8 Å². The number of pyridine rings is 1. The number of fused-ring (bicyclic) bond motifs is 1. The van der Waals surface area contributed by atoms with Gasteiger partial charge in [0.15, 0.2) is 0 Å². The number of nitrogens with one attached hydrogen (secondary N) is 1. The first-order chi connectivity index (χ1) is 17.7. The third kappa shape index (κ3) is 4.34. The molecular formula is C28H26N4O3S. The summed E-state index contributed by atoms with van der Waals surface area (Å²) in [5, 5.41) is 3.00. The van der Waals surface area contributed by atoms with Crippen molar-refractivity contribution in [1.29, 1.82) is 0 Å². The zero-order chi connectivity index (χ0) is 24.5. The highest BCUT2D eigenvalue weighted by molar-refractivity contribution is 7.12. The summed E-state index contributed by atoms with van der Waals surface area (Å²) in [5.74, 6) is 0.140. The van der Waals surface area contributed by atoms with Crippen molar-refractivity contribution in [3.63, 3.8) is 0 Å². The molecule has 6 rings (SSSR count). The van der Waals surface area contributed by atoms with Crippen molar-refractivity contribution in [1.82, 2.24) is 19.8 Å². The van der Waals surface area contributed by atoms with Crippen LogP contribution in [0.5, 0.6) is 0 Å². The van der Waals surface area contributed by atoms with Gasteiger partial charge in [0.05, 0.1) is 18.1 Å². The molecule has 4 aromatic rings. The molecule has 2 aliphatic heterocycles. The maximum atomic E-state index is 12.8. The summed E-state index contributed by atoms with van der Waals surface area (Å²) in [4.78, 5) is 37.9. The van der Waals surface area contributed by atoms with Crippen molar-refractivity contribution in [3.8, 4) is 11.1 Å². The second kappa shape index (κ2) is 9.72. The third-order valence-corrected chi connectivity index (χ3v) is 7.73. The van der Waals surface area contributed by atoms with Crippen LogP contribution in [0.25, 0.3) is 27.7 Å².